The Morgan fingerprint density at radius 3 is 0.949 bits per heavy atom. The van der Waals surface area contributed by atoms with Gasteiger partial charge in [0.25, 0.3) is 0 Å². The summed E-state index contributed by atoms with van der Waals surface area (Å²) in [7, 11) is 0. The summed E-state index contributed by atoms with van der Waals surface area (Å²) in [6.07, 6.45) is 7.51. The van der Waals surface area contributed by atoms with Crippen molar-refractivity contribution in [1.29, 1.82) is 0 Å². The summed E-state index contributed by atoms with van der Waals surface area (Å²) >= 11 is 40.2. The number of hydrogen-bond donors (Lipinski definition) is 0. The molecule has 0 N–H and O–H groups in total. The predicted octanol–water partition coefficient (Wildman–Crippen LogP) is 17.7. The Labute approximate surface area is 381 Å². The lowest BCUT2D eigenvalue weighted by atomic mass is 9.71. The second-order valence-corrected chi connectivity index (χ2v) is 22.1. The average Bonchev–Trinajstić information content (AvgIpc) is 3.55. The van der Waals surface area contributed by atoms with Crippen LogP contribution in [0.5, 0.6) is 0 Å². The van der Waals surface area contributed by atoms with Crippen molar-refractivity contribution in [3.8, 4) is 0 Å². The van der Waals surface area contributed by atoms with E-state index in [0.29, 0.717) is 64.6 Å². The highest BCUT2D eigenvalue weighted by Gasteiger charge is 2.37. The van der Waals surface area contributed by atoms with E-state index in [4.69, 9.17) is 79.8 Å². The van der Waals surface area contributed by atoms with Gasteiger partial charge in [-0.05, 0) is 82.4 Å². The first-order valence-corrected chi connectivity index (χ1v) is 21.9. The number of rotatable bonds is 6. The van der Waals surface area contributed by atoms with Crippen molar-refractivity contribution in [2.24, 2.45) is 42.1 Å². The molecule has 0 bridgehead atoms. The zero-order valence-electron chi connectivity index (χ0n) is 35.1. The molecular weight excluding hydrogens is 885 g/mol. The molecule has 5 rings (SSSR count). The Kier molecular flexibility index (Phi) is 13.8. The summed E-state index contributed by atoms with van der Waals surface area (Å²) in [6, 6.07) is 10.0. The van der Waals surface area contributed by atoms with Crippen molar-refractivity contribution in [1.82, 2.24) is 0 Å². The number of Topliss-reactive ketones (excluding diaryl/α,β-unsaturated/α-hetero) is 2. The van der Waals surface area contributed by atoms with Gasteiger partial charge in [-0.1, -0.05) is 153 Å². The van der Waals surface area contributed by atoms with Crippen LogP contribution in [0.4, 0.5) is 11.4 Å². The molecule has 0 fully saturated rings. The highest BCUT2D eigenvalue weighted by Crippen LogP contribution is 2.46. The minimum atomic E-state index is -0.493. The van der Waals surface area contributed by atoms with Crippen LogP contribution in [0.3, 0.4) is 0 Å². The van der Waals surface area contributed by atoms with Crippen molar-refractivity contribution < 1.29 is 9.59 Å². The lowest BCUT2D eigenvalue weighted by molar-refractivity contribution is -0.114. The highest BCUT2D eigenvalue weighted by atomic mass is 35.5. The molecule has 1 heterocycles. The maximum absolute atomic E-state index is 14.0. The van der Waals surface area contributed by atoms with Gasteiger partial charge in [0.2, 0.25) is 0 Å². The molecule has 1 aromatic heterocycles. The monoisotopic (exact) mass is 928 g/mol. The van der Waals surface area contributed by atoms with Gasteiger partial charge in [0.1, 0.15) is 22.8 Å². The molecule has 0 atom stereocenters. The highest BCUT2D eigenvalue weighted by molar-refractivity contribution is 7.14. The van der Waals surface area contributed by atoms with Gasteiger partial charge in [0, 0.05) is 43.5 Å². The number of benzene rings is 2. The molecule has 0 radical (unpaired) electrons. The van der Waals surface area contributed by atoms with E-state index in [9.17, 15) is 9.59 Å². The summed E-state index contributed by atoms with van der Waals surface area (Å²) in [6.45, 7) is 24.1. The van der Waals surface area contributed by atoms with E-state index in [0.717, 1.165) is 0 Å². The summed E-state index contributed by atoms with van der Waals surface area (Å²) in [5.41, 5.74) is 3.28. The molecule has 2 aliphatic rings. The number of ketones is 2. The maximum atomic E-state index is 14.0. The van der Waals surface area contributed by atoms with Crippen LogP contribution >= 0.6 is 80.9 Å². The van der Waals surface area contributed by atoms with Gasteiger partial charge in [0.15, 0.2) is 11.6 Å². The van der Waals surface area contributed by atoms with Crippen LogP contribution < -0.4 is 0 Å². The standard InChI is InChI=1S/C46H46Cl6N4O2S/c1-43(2,3)27-15-23(16-28(41(27)57)44(4,5)6)37(53-55-39-31(49)19-25(47)20-32(39)50)35-13-14-36(59-35)38(54-56-40-33(51)21-26(48)22-34(40)52)24-17-29(45(7,8)9)42(58)30(18-24)46(10,11)12/h13-22H,1-12H3. The van der Waals surface area contributed by atoms with Crippen molar-refractivity contribution in [2.75, 3.05) is 0 Å². The Morgan fingerprint density at radius 1 is 0.458 bits per heavy atom. The van der Waals surface area contributed by atoms with Crippen LogP contribution in [0, 0.1) is 21.7 Å². The molecule has 13 heteroatoms. The van der Waals surface area contributed by atoms with Gasteiger partial charge in [-0.15, -0.1) is 31.8 Å². The van der Waals surface area contributed by atoms with E-state index in [1.54, 1.807) is 24.3 Å². The third-order valence-electron chi connectivity index (χ3n) is 9.49. The fraction of sp³-hybridized carbons (Fsp3) is 0.348. The molecule has 0 spiro atoms. The number of thiophene rings is 1. The molecule has 2 aliphatic carbocycles. The fourth-order valence-corrected chi connectivity index (χ4v) is 9.12. The molecule has 3 aromatic rings. The third kappa shape index (κ3) is 10.7. The SMILES string of the molecule is CC(C)(C)C1=CC(=C(N=Nc2c(Cl)cc(Cl)cc2Cl)c2ccc(C(N=Nc3c(Cl)cc(Cl)cc3Cl)=C3C=C(C(C)(C)C)C(=O)C(C(C)(C)C)=C3)s2)C=C(C(C)(C)C)C1=O. The first-order chi connectivity index (χ1) is 27.1. The topological polar surface area (TPSA) is 83.6 Å². The van der Waals surface area contributed by atoms with Crippen molar-refractivity contribution in [3.63, 3.8) is 0 Å². The van der Waals surface area contributed by atoms with E-state index in [1.165, 1.54) is 11.3 Å². The minimum absolute atomic E-state index is 0.0256. The predicted molar refractivity (Wildman–Crippen MR) is 250 cm³/mol. The zero-order chi connectivity index (χ0) is 44.2. The van der Waals surface area contributed by atoms with Gasteiger partial charge in [-0.3, -0.25) is 9.59 Å². The van der Waals surface area contributed by atoms with E-state index in [2.05, 4.69) is 10.2 Å². The molecular formula is C46H46Cl6N4O2S. The van der Waals surface area contributed by atoms with Crippen LogP contribution in [0.25, 0.3) is 11.4 Å². The Balaban J connectivity index is 1.88. The van der Waals surface area contributed by atoms with Gasteiger partial charge >= 0.3 is 0 Å². The summed E-state index contributed by atoms with van der Waals surface area (Å²) in [4.78, 5) is 29.4. The van der Waals surface area contributed by atoms with Crippen LogP contribution in [-0.2, 0) is 9.59 Å². The van der Waals surface area contributed by atoms with Crippen LogP contribution in [-0.4, -0.2) is 11.6 Å². The van der Waals surface area contributed by atoms with Gasteiger partial charge in [0.05, 0.1) is 29.8 Å². The summed E-state index contributed by atoms with van der Waals surface area (Å²) in [5, 5.41) is 20.4. The smallest absolute Gasteiger partial charge is 0.186 e. The number of hydrogen-bond acceptors (Lipinski definition) is 7. The summed E-state index contributed by atoms with van der Waals surface area (Å²) in [5.74, 6) is -0.0512. The normalized spacial score (nSPS) is 15.9. The first-order valence-electron chi connectivity index (χ1n) is 18.8. The second-order valence-electron chi connectivity index (χ2n) is 18.5. The number of allylic oxidation sites excluding steroid dienone is 10. The van der Waals surface area contributed by atoms with Crippen LogP contribution in [0.15, 0.2) is 115 Å². The summed E-state index contributed by atoms with van der Waals surface area (Å²) < 4.78 is 0. The lowest BCUT2D eigenvalue weighted by Gasteiger charge is -2.31. The first kappa shape index (κ1) is 46.9. The average molecular weight is 932 g/mol. The third-order valence-corrected chi connectivity index (χ3v) is 12.2. The van der Waals surface area contributed by atoms with Crippen molar-refractivity contribution in [2.45, 2.75) is 83.1 Å². The minimum Gasteiger partial charge on any atom is -0.289 e. The molecule has 2 aromatic carbocycles. The van der Waals surface area contributed by atoms with Crippen LogP contribution in [0.2, 0.25) is 30.1 Å². The number of carbonyl (C=O) groups excluding carboxylic acids is 2. The fourth-order valence-electron chi connectivity index (χ4n) is 6.31. The van der Waals surface area contributed by atoms with Crippen LogP contribution in [0.1, 0.15) is 92.8 Å². The number of halogens is 6. The lowest BCUT2D eigenvalue weighted by Crippen LogP contribution is -2.28. The molecule has 0 aliphatic heterocycles. The van der Waals surface area contributed by atoms with E-state index < -0.39 is 21.7 Å². The number of nitrogens with zero attached hydrogens (tertiary/aromatic N) is 4. The Bertz CT molecular complexity index is 2230. The van der Waals surface area contributed by atoms with E-state index >= 15 is 0 Å². The van der Waals surface area contributed by atoms with E-state index in [-0.39, 0.29) is 43.0 Å². The Morgan fingerprint density at radius 2 is 0.712 bits per heavy atom. The quantitative estimate of drug-likeness (QED) is 0.231. The Hall–Kier alpha value is -3.14. The largest absolute Gasteiger partial charge is 0.289 e. The zero-order valence-corrected chi connectivity index (χ0v) is 40.4. The van der Waals surface area contributed by atoms with Crippen molar-refractivity contribution >= 4 is 115 Å². The maximum Gasteiger partial charge on any atom is 0.186 e. The molecule has 6 nitrogen and oxygen atoms in total. The molecule has 310 valence electrons. The molecule has 59 heavy (non-hydrogen) atoms. The van der Waals surface area contributed by atoms with E-state index in [1.807, 2.05) is 120 Å². The second kappa shape index (κ2) is 17.3. The van der Waals surface area contributed by atoms with Gasteiger partial charge in [-0.2, -0.15) is 0 Å². The molecule has 0 amide bonds. The van der Waals surface area contributed by atoms with Crippen molar-refractivity contribution in [3.05, 3.63) is 134 Å². The molecule has 0 unspecified atom stereocenters. The molecule has 0 saturated carbocycles. The number of carbonyl (C=O) groups is 2. The molecule has 0 saturated heterocycles. The number of azo groups is 2. The van der Waals surface area contributed by atoms with Gasteiger partial charge < -0.3 is 0 Å². The van der Waals surface area contributed by atoms with Gasteiger partial charge in [-0.25, -0.2) is 0 Å².